The first-order valence-corrected chi connectivity index (χ1v) is 7.74. The zero-order valence-corrected chi connectivity index (χ0v) is 13.1. The first-order valence-electron chi connectivity index (χ1n) is 6.07. The maximum absolute atomic E-state index is 12.8. The summed E-state index contributed by atoms with van der Waals surface area (Å²) in [6, 6.07) is 7.13. The minimum absolute atomic E-state index is 0.239. The number of alkyl halides is 3. The van der Waals surface area contributed by atoms with E-state index in [1.165, 1.54) is 23.5 Å². The van der Waals surface area contributed by atoms with Gasteiger partial charge in [0.2, 0.25) is 0 Å². The molecule has 6 heteroatoms. The van der Waals surface area contributed by atoms with Crippen molar-refractivity contribution in [2.75, 3.05) is 6.54 Å². The number of benzene rings is 1. The van der Waals surface area contributed by atoms with Crippen LogP contribution in [0.2, 0.25) is 0 Å². The molecule has 0 fully saturated rings. The first kappa shape index (κ1) is 15.5. The second kappa shape index (κ2) is 6.28. The van der Waals surface area contributed by atoms with Gasteiger partial charge in [-0.05, 0) is 51.6 Å². The number of thiophene rings is 1. The van der Waals surface area contributed by atoms with Gasteiger partial charge in [0.25, 0.3) is 0 Å². The van der Waals surface area contributed by atoms with Gasteiger partial charge in [-0.1, -0.05) is 19.1 Å². The van der Waals surface area contributed by atoms with Crippen molar-refractivity contribution in [2.24, 2.45) is 0 Å². The highest BCUT2D eigenvalue weighted by molar-refractivity contribution is 9.10. The summed E-state index contributed by atoms with van der Waals surface area (Å²) in [4.78, 5) is 0.978. The predicted molar refractivity (Wildman–Crippen MR) is 79.0 cm³/mol. The SMILES string of the molecule is CCNC(c1cccc(C(F)(F)F)c1)c1sccc1Br. The molecule has 0 aliphatic carbocycles. The second-order valence-corrected chi connectivity index (χ2v) is 6.05. The van der Waals surface area contributed by atoms with Crippen molar-refractivity contribution >= 4 is 27.3 Å². The molecule has 0 radical (unpaired) electrons. The van der Waals surface area contributed by atoms with E-state index in [4.69, 9.17) is 0 Å². The molecule has 0 spiro atoms. The van der Waals surface area contributed by atoms with E-state index in [0.717, 1.165) is 15.4 Å². The number of halogens is 4. The summed E-state index contributed by atoms with van der Waals surface area (Å²) in [5, 5.41) is 5.15. The van der Waals surface area contributed by atoms with Gasteiger partial charge in [0.1, 0.15) is 0 Å². The van der Waals surface area contributed by atoms with E-state index < -0.39 is 11.7 Å². The Morgan fingerprint density at radius 2 is 2.05 bits per heavy atom. The summed E-state index contributed by atoms with van der Waals surface area (Å²) < 4.78 is 39.3. The largest absolute Gasteiger partial charge is 0.416 e. The molecule has 1 atom stereocenters. The molecule has 2 rings (SSSR count). The third kappa shape index (κ3) is 3.42. The predicted octanol–water partition coefficient (Wildman–Crippen LogP) is 5.23. The molecular weight excluding hydrogens is 351 g/mol. The fourth-order valence-electron chi connectivity index (χ4n) is 1.97. The monoisotopic (exact) mass is 363 g/mol. The average molecular weight is 364 g/mol. The molecule has 1 nitrogen and oxygen atoms in total. The fourth-order valence-corrected chi connectivity index (χ4v) is 3.68. The van der Waals surface area contributed by atoms with Gasteiger partial charge in [0.15, 0.2) is 0 Å². The molecule has 20 heavy (non-hydrogen) atoms. The number of hydrogen-bond donors (Lipinski definition) is 1. The van der Waals surface area contributed by atoms with Crippen molar-refractivity contribution in [3.05, 3.63) is 56.2 Å². The lowest BCUT2D eigenvalue weighted by molar-refractivity contribution is -0.137. The van der Waals surface area contributed by atoms with E-state index in [0.29, 0.717) is 12.1 Å². The van der Waals surface area contributed by atoms with Crippen LogP contribution in [0.25, 0.3) is 0 Å². The van der Waals surface area contributed by atoms with Gasteiger partial charge in [0, 0.05) is 9.35 Å². The topological polar surface area (TPSA) is 12.0 Å². The number of nitrogens with one attached hydrogen (secondary N) is 1. The van der Waals surface area contributed by atoms with Crippen molar-refractivity contribution < 1.29 is 13.2 Å². The van der Waals surface area contributed by atoms with Crippen molar-refractivity contribution in [1.82, 2.24) is 5.32 Å². The van der Waals surface area contributed by atoms with E-state index in [9.17, 15) is 13.2 Å². The van der Waals surface area contributed by atoms with Gasteiger partial charge in [-0.3, -0.25) is 0 Å². The molecule has 2 aromatic rings. The highest BCUT2D eigenvalue weighted by Crippen LogP contribution is 2.36. The number of rotatable bonds is 4. The Morgan fingerprint density at radius 1 is 1.30 bits per heavy atom. The standard InChI is InChI=1S/C14H13BrF3NS/c1-2-19-12(13-11(15)6-7-20-13)9-4-3-5-10(8-9)14(16,17)18/h3-8,12,19H,2H2,1H3. The van der Waals surface area contributed by atoms with Gasteiger partial charge in [0.05, 0.1) is 11.6 Å². The second-order valence-electron chi connectivity index (χ2n) is 4.25. The molecule has 1 aromatic heterocycles. The summed E-state index contributed by atoms with van der Waals surface area (Å²) in [7, 11) is 0. The van der Waals surface area contributed by atoms with Crippen LogP contribution in [0.15, 0.2) is 40.2 Å². The minimum atomic E-state index is -4.32. The van der Waals surface area contributed by atoms with Crippen LogP contribution in [0.1, 0.15) is 29.0 Å². The van der Waals surface area contributed by atoms with Gasteiger partial charge >= 0.3 is 6.18 Å². The Balaban J connectivity index is 2.43. The molecule has 1 unspecified atom stereocenters. The lowest BCUT2D eigenvalue weighted by Gasteiger charge is -2.19. The van der Waals surface area contributed by atoms with E-state index in [1.54, 1.807) is 6.07 Å². The summed E-state index contributed by atoms with van der Waals surface area (Å²) in [6.07, 6.45) is -4.32. The lowest BCUT2D eigenvalue weighted by atomic mass is 10.0. The lowest BCUT2D eigenvalue weighted by Crippen LogP contribution is -2.22. The maximum atomic E-state index is 12.8. The van der Waals surface area contributed by atoms with Crippen LogP contribution in [0.3, 0.4) is 0 Å². The molecule has 0 aliphatic heterocycles. The van der Waals surface area contributed by atoms with E-state index >= 15 is 0 Å². The normalized spacial score (nSPS) is 13.4. The van der Waals surface area contributed by atoms with Gasteiger partial charge in [-0.2, -0.15) is 13.2 Å². The molecule has 0 bridgehead atoms. The molecular formula is C14H13BrF3NS. The molecule has 108 valence electrons. The molecule has 0 aliphatic rings. The Labute approximate surface area is 128 Å². The molecule has 0 amide bonds. The summed E-state index contributed by atoms with van der Waals surface area (Å²) >= 11 is 4.96. The van der Waals surface area contributed by atoms with Crippen LogP contribution in [-0.2, 0) is 6.18 Å². The van der Waals surface area contributed by atoms with Crippen LogP contribution in [0.5, 0.6) is 0 Å². The van der Waals surface area contributed by atoms with E-state index in [-0.39, 0.29) is 6.04 Å². The van der Waals surface area contributed by atoms with Gasteiger partial charge < -0.3 is 5.32 Å². The Bertz CT molecular complexity index is 580. The highest BCUT2D eigenvalue weighted by atomic mass is 79.9. The van der Waals surface area contributed by atoms with Crippen molar-refractivity contribution in [3.63, 3.8) is 0 Å². The van der Waals surface area contributed by atoms with Crippen LogP contribution in [-0.4, -0.2) is 6.54 Å². The van der Waals surface area contributed by atoms with Crippen molar-refractivity contribution in [1.29, 1.82) is 0 Å². The van der Waals surface area contributed by atoms with E-state index in [1.807, 2.05) is 18.4 Å². The summed E-state index contributed by atoms with van der Waals surface area (Å²) in [6.45, 7) is 2.60. The third-order valence-electron chi connectivity index (χ3n) is 2.86. The Hall–Kier alpha value is -0.850. The Kier molecular flexibility index (Phi) is 4.88. The zero-order valence-electron chi connectivity index (χ0n) is 10.7. The quantitative estimate of drug-likeness (QED) is 0.784. The molecule has 1 N–H and O–H groups in total. The zero-order chi connectivity index (χ0) is 14.8. The fraction of sp³-hybridized carbons (Fsp3) is 0.286. The molecule has 0 saturated heterocycles. The van der Waals surface area contributed by atoms with Crippen molar-refractivity contribution in [3.8, 4) is 0 Å². The highest BCUT2D eigenvalue weighted by Gasteiger charge is 2.31. The van der Waals surface area contributed by atoms with Crippen molar-refractivity contribution in [2.45, 2.75) is 19.1 Å². The Morgan fingerprint density at radius 3 is 2.60 bits per heavy atom. The maximum Gasteiger partial charge on any atom is 0.416 e. The molecule has 0 saturated carbocycles. The molecule has 1 heterocycles. The average Bonchev–Trinajstić information content (AvgIpc) is 2.81. The first-order chi connectivity index (χ1) is 9.43. The summed E-state index contributed by atoms with van der Waals surface area (Å²) in [5.41, 5.74) is -0.00425. The van der Waals surface area contributed by atoms with Crippen LogP contribution >= 0.6 is 27.3 Å². The van der Waals surface area contributed by atoms with E-state index in [2.05, 4.69) is 21.2 Å². The van der Waals surface area contributed by atoms with Crippen LogP contribution < -0.4 is 5.32 Å². The van der Waals surface area contributed by atoms with Gasteiger partial charge in [-0.25, -0.2) is 0 Å². The van der Waals surface area contributed by atoms with Crippen LogP contribution in [0.4, 0.5) is 13.2 Å². The third-order valence-corrected chi connectivity index (χ3v) is 4.80. The molecule has 1 aromatic carbocycles. The smallest absolute Gasteiger partial charge is 0.306 e. The summed E-state index contributed by atoms with van der Waals surface area (Å²) in [5.74, 6) is 0. The number of hydrogen-bond acceptors (Lipinski definition) is 2. The minimum Gasteiger partial charge on any atom is -0.306 e. The van der Waals surface area contributed by atoms with Gasteiger partial charge in [-0.15, -0.1) is 11.3 Å². The van der Waals surface area contributed by atoms with Crippen LogP contribution in [0, 0.1) is 0 Å².